The smallest absolute Gasteiger partial charge is 0.402 e. The van der Waals surface area contributed by atoms with E-state index in [1.165, 1.54) is 0 Å². The standard InChI is InChI=1S/C2H4ClNO.CH3NO2/c3-1-2(4)5;2-1(3)4/h1H2,(H2,4,5);2H2,(H,3,4). The van der Waals surface area contributed by atoms with Gasteiger partial charge in [-0.25, -0.2) is 4.79 Å². The van der Waals surface area contributed by atoms with Crippen molar-refractivity contribution in [2.45, 2.75) is 0 Å². The molecule has 9 heavy (non-hydrogen) atoms. The number of nitrogens with two attached hydrogens (primary N) is 2. The topological polar surface area (TPSA) is 106 Å². The number of carboxylic acid groups (broad SMARTS) is 1. The second-order valence-corrected chi connectivity index (χ2v) is 1.21. The molecule has 54 valence electrons. The van der Waals surface area contributed by atoms with Crippen LogP contribution in [0.5, 0.6) is 0 Å². The third kappa shape index (κ3) is 168. The lowest BCUT2D eigenvalue weighted by molar-refractivity contribution is -0.115. The number of alkyl halides is 1. The van der Waals surface area contributed by atoms with E-state index >= 15 is 0 Å². The maximum Gasteiger partial charge on any atom is 0.402 e. The Morgan fingerprint density at radius 3 is 1.56 bits per heavy atom. The fourth-order valence-corrected chi connectivity index (χ4v) is 0. The van der Waals surface area contributed by atoms with Gasteiger partial charge < -0.3 is 16.6 Å². The number of hydrogen-bond acceptors (Lipinski definition) is 2. The van der Waals surface area contributed by atoms with E-state index in [0.29, 0.717) is 0 Å². The molecule has 5 N–H and O–H groups in total. The lowest BCUT2D eigenvalue weighted by Gasteiger charge is -1.71. The molecule has 5 nitrogen and oxygen atoms in total. The van der Waals surface area contributed by atoms with E-state index in [9.17, 15) is 4.79 Å². The number of rotatable bonds is 1. The lowest BCUT2D eigenvalue weighted by atomic mass is 10.8. The van der Waals surface area contributed by atoms with Gasteiger partial charge in [0.25, 0.3) is 0 Å². The monoisotopic (exact) mass is 154 g/mol. The van der Waals surface area contributed by atoms with Gasteiger partial charge >= 0.3 is 6.09 Å². The number of hydrogen-bond donors (Lipinski definition) is 3. The van der Waals surface area contributed by atoms with Gasteiger partial charge in [0.1, 0.15) is 5.88 Å². The Morgan fingerprint density at radius 2 is 1.56 bits per heavy atom. The molecular weight excluding hydrogens is 147 g/mol. The molecule has 0 aromatic heterocycles. The van der Waals surface area contributed by atoms with E-state index < -0.39 is 12.0 Å². The first-order chi connectivity index (χ1) is 4.00. The van der Waals surface area contributed by atoms with Gasteiger partial charge in [-0.15, -0.1) is 11.6 Å². The van der Waals surface area contributed by atoms with Gasteiger partial charge in [-0.2, -0.15) is 0 Å². The van der Waals surface area contributed by atoms with Crippen LogP contribution in [-0.2, 0) is 4.79 Å². The number of primary amides is 2. The average molecular weight is 155 g/mol. The van der Waals surface area contributed by atoms with Gasteiger partial charge in [-0.1, -0.05) is 0 Å². The maximum atomic E-state index is 9.46. The normalized spacial score (nSPS) is 6.78. The fourth-order valence-electron chi connectivity index (χ4n) is 0. The molecule has 0 bridgehead atoms. The highest BCUT2D eigenvalue weighted by Gasteiger charge is 1.79. The highest BCUT2D eigenvalue weighted by Crippen LogP contribution is 1.64. The van der Waals surface area contributed by atoms with Crippen LogP contribution in [0.1, 0.15) is 0 Å². The van der Waals surface area contributed by atoms with Crippen molar-refractivity contribution in [1.82, 2.24) is 0 Å². The summed E-state index contributed by atoms with van der Waals surface area (Å²) >= 11 is 4.86. The van der Waals surface area contributed by atoms with Crippen molar-refractivity contribution in [1.29, 1.82) is 0 Å². The SMILES string of the molecule is NC(=O)CCl.NC(=O)O. The van der Waals surface area contributed by atoms with Crippen molar-refractivity contribution in [2.24, 2.45) is 11.5 Å². The zero-order valence-electron chi connectivity index (χ0n) is 4.50. The third-order valence-electron chi connectivity index (χ3n) is 0.132. The number of carbonyl (C=O) groups excluding carboxylic acids is 1. The molecule has 0 aliphatic carbocycles. The molecule has 0 fully saturated rings. The molecule has 6 heteroatoms. The summed E-state index contributed by atoms with van der Waals surface area (Å²) in [5, 5.41) is 7.19. The Hall–Kier alpha value is -0.970. The van der Waals surface area contributed by atoms with Crippen LogP contribution in [-0.4, -0.2) is 23.0 Å². The zero-order valence-corrected chi connectivity index (χ0v) is 5.26. The molecule has 0 saturated heterocycles. The van der Waals surface area contributed by atoms with E-state index in [0.717, 1.165) is 0 Å². The number of halogens is 1. The Labute approximate surface area is 56.6 Å². The molecule has 2 amide bonds. The summed E-state index contributed by atoms with van der Waals surface area (Å²) in [5.41, 5.74) is 8.55. The van der Waals surface area contributed by atoms with Crippen LogP contribution in [0.3, 0.4) is 0 Å². The summed E-state index contributed by atoms with van der Waals surface area (Å²) in [6, 6.07) is 0. The van der Waals surface area contributed by atoms with Crippen molar-refractivity contribution < 1.29 is 14.7 Å². The number of carbonyl (C=O) groups is 2. The maximum absolute atomic E-state index is 9.46. The van der Waals surface area contributed by atoms with Gasteiger partial charge in [-0.3, -0.25) is 4.79 Å². The molecule has 0 unspecified atom stereocenters. The Morgan fingerprint density at radius 1 is 1.44 bits per heavy atom. The molecule has 0 heterocycles. The van der Waals surface area contributed by atoms with Crippen LogP contribution >= 0.6 is 11.6 Å². The van der Waals surface area contributed by atoms with Gasteiger partial charge in [0.15, 0.2) is 0 Å². The average Bonchev–Trinajstić information content (AvgIpc) is 1.65. The molecule has 0 aromatic rings. The quantitative estimate of drug-likeness (QED) is 0.436. The molecule has 0 spiro atoms. The predicted octanol–water partition coefficient (Wildman–Crippen LogP) is -0.666. The summed E-state index contributed by atoms with van der Waals surface area (Å²) in [4.78, 5) is 18.2. The van der Waals surface area contributed by atoms with Crippen LogP contribution in [0.2, 0.25) is 0 Å². The highest BCUT2D eigenvalue weighted by molar-refractivity contribution is 6.27. The lowest BCUT2D eigenvalue weighted by Crippen LogP contribution is -2.10. The Bertz CT molecular complexity index is 101. The van der Waals surface area contributed by atoms with E-state index in [-0.39, 0.29) is 5.88 Å². The van der Waals surface area contributed by atoms with E-state index in [2.05, 4.69) is 11.5 Å². The van der Waals surface area contributed by atoms with Crippen LogP contribution in [0, 0.1) is 0 Å². The summed E-state index contributed by atoms with van der Waals surface area (Å²) in [6.07, 6.45) is -1.33. The minimum Gasteiger partial charge on any atom is -0.465 e. The third-order valence-corrected chi connectivity index (χ3v) is 0.395. The minimum atomic E-state index is -1.33. The molecular formula is C3H7ClN2O3. The van der Waals surface area contributed by atoms with Crippen LogP contribution in [0.25, 0.3) is 0 Å². The molecule has 0 rings (SSSR count). The second kappa shape index (κ2) is 7.03. The van der Waals surface area contributed by atoms with Crippen molar-refractivity contribution in [3.8, 4) is 0 Å². The first-order valence-corrected chi connectivity index (χ1v) is 2.36. The largest absolute Gasteiger partial charge is 0.465 e. The second-order valence-electron chi connectivity index (χ2n) is 0.938. The van der Waals surface area contributed by atoms with Gasteiger partial charge in [0.2, 0.25) is 5.91 Å². The molecule has 0 aliphatic rings. The van der Waals surface area contributed by atoms with E-state index in [4.69, 9.17) is 21.5 Å². The summed E-state index contributed by atoms with van der Waals surface area (Å²) in [5.74, 6) is -0.563. The van der Waals surface area contributed by atoms with Crippen molar-refractivity contribution in [3.05, 3.63) is 0 Å². The van der Waals surface area contributed by atoms with Crippen molar-refractivity contribution in [2.75, 3.05) is 5.88 Å². The van der Waals surface area contributed by atoms with E-state index in [1.54, 1.807) is 0 Å². The van der Waals surface area contributed by atoms with Crippen molar-refractivity contribution >= 4 is 23.6 Å². The van der Waals surface area contributed by atoms with Crippen molar-refractivity contribution in [3.63, 3.8) is 0 Å². The number of amides is 2. The summed E-state index contributed by atoms with van der Waals surface area (Å²) in [6.45, 7) is 0. The molecule has 0 atom stereocenters. The molecule has 0 saturated carbocycles. The van der Waals surface area contributed by atoms with Crippen LogP contribution in [0.15, 0.2) is 0 Å². The summed E-state index contributed by atoms with van der Waals surface area (Å²) in [7, 11) is 0. The zero-order chi connectivity index (χ0) is 7.86. The highest BCUT2D eigenvalue weighted by atomic mass is 35.5. The van der Waals surface area contributed by atoms with Gasteiger partial charge in [-0.05, 0) is 0 Å². The Balaban J connectivity index is 0. The first kappa shape index (κ1) is 10.9. The van der Waals surface area contributed by atoms with E-state index in [1.807, 2.05) is 0 Å². The Kier molecular flexibility index (Phi) is 8.53. The minimum absolute atomic E-state index is 0.0833. The van der Waals surface area contributed by atoms with Crippen LogP contribution < -0.4 is 11.5 Å². The molecule has 0 radical (unpaired) electrons. The first-order valence-electron chi connectivity index (χ1n) is 1.83. The predicted molar refractivity (Wildman–Crippen MR) is 32.1 cm³/mol. The van der Waals surface area contributed by atoms with Gasteiger partial charge in [0, 0.05) is 0 Å². The van der Waals surface area contributed by atoms with Gasteiger partial charge in [0.05, 0.1) is 0 Å². The van der Waals surface area contributed by atoms with Crippen LogP contribution in [0.4, 0.5) is 4.79 Å². The fraction of sp³-hybridized carbons (Fsp3) is 0.333. The summed E-state index contributed by atoms with van der Waals surface area (Å²) < 4.78 is 0. The molecule has 0 aromatic carbocycles. The molecule has 0 aliphatic heterocycles.